The van der Waals surface area contributed by atoms with Crippen LogP contribution < -0.4 is 5.32 Å². The topological polar surface area (TPSA) is 86.1 Å². The van der Waals surface area contributed by atoms with Crippen molar-refractivity contribution in [2.75, 3.05) is 17.7 Å². The molecule has 0 spiro atoms. The van der Waals surface area contributed by atoms with Crippen LogP contribution in [0.25, 0.3) is 0 Å². The van der Waals surface area contributed by atoms with E-state index in [1.165, 1.54) is 11.8 Å². The molecule has 0 bridgehead atoms. The number of rotatable bonds is 10. The third-order valence-corrected chi connectivity index (χ3v) is 5.61. The van der Waals surface area contributed by atoms with Crippen LogP contribution in [0, 0.1) is 0 Å². The molecule has 3 rings (SSSR count). The molecular weight excluding hydrogens is 448 g/mol. The monoisotopic (exact) mass is 470 g/mol. The highest BCUT2D eigenvalue weighted by Crippen LogP contribution is 2.20. The highest BCUT2D eigenvalue weighted by Gasteiger charge is 2.14. The summed E-state index contributed by atoms with van der Waals surface area (Å²) in [6.45, 7) is 6.40. The van der Waals surface area contributed by atoms with Crippen molar-refractivity contribution in [3.05, 3.63) is 83.2 Å². The van der Waals surface area contributed by atoms with E-state index in [0.29, 0.717) is 41.0 Å². The first-order valence-corrected chi connectivity index (χ1v) is 11.3. The van der Waals surface area contributed by atoms with Crippen molar-refractivity contribution in [3.63, 3.8) is 0 Å². The van der Waals surface area contributed by atoms with Gasteiger partial charge >= 0.3 is 5.97 Å². The molecule has 0 saturated carbocycles. The van der Waals surface area contributed by atoms with Crippen molar-refractivity contribution in [2.45, 2.75) is 25.0 Å². The summed E-state index contributed by atoms with van der Waals surface area (Å²) >= 11 is 7.25. The zero-order valence-corrected chi connectivity index (χ0v) is 19.2. The molecule has 2 aromatic carbocycles. The molecule has 9 heteroatoms. The maximum absolute atomic E-state index is 12.4. The summed E-state index contributed by atoms with van der Waals surface area (Å²) in [5.41, 5.74) is 2.09. The smallest absolute Gasteiger partial charge is 0.338 e. The Balaban J connectivity index is 1.60. The number of hydrogen-bond acceptors (Lipinski definition) is 6. The van der Waals surface area contributed by atoms with Crippen molar-refractivity contribution in [3.8, 4) is 0 Å². The number of halogens is 1. The van der Waals surface area contributed by atoms with Gasteiger partial charge in [0.05, 0.1) is 17.9 Å². The van der Waals surface area contributed by atoms with Crippen molar-refractivity contribution in [2.24, 2.45) is 0 Å². The molecule has 1 aromatic heterocycles. The van der Waals surface area contributed by atoms with Crippen molar-refractivity contribution < 1.29 is 14.3 Å². The van der Waals surface area contributed by atoms with Crippen LogP contribution in [0.5, 0.6) is 0 Å². The number of carbonyl (C=O) groups excluding carboxylic acids is 2. The number of nitrogens with one attached hydrogen (secondary N) is 1. The normalized spacial score (nSPS) is 10.6. The fourth-order valence-electron chi connectivity index (χ4n) is 2.89. The second-order valence-electron chi connectivity index (χ2n) is 6.74. The summed E-state index contributed by atoms with van der Waals surface area (Å²) in [5.74, 6) is 0.364. The fraction of sp³-hybridized carbons (Fsp3) is 0.217. The molecule has 0 atom stereocenters. The first-order chi connectivity index (χ1) is 15.5. The van der Waals surface area contributed by atoms with E-state index in [1.54, 1.807) is 37.3 Å². The van der Waals surface area contributed by atoms with Gasteiger partial charge in [0.15, 0.2) is 5.16 Å². The summed E-state index contributed by atoms with van der Waals surface area (Å²) in [4.78, 5) is 24.1. The van der Waals surface area contributed by atoms with Crippen LogP contribution in [-0.4, -0.2) is 39.0 Å². The van der Waals surface area contributed by atoms with Crippen LogP contribution in [-0.2, 0) is 22.5 Å². The Morgan fingerprint density at radius 2 is 1.88 bits per heavy atom. The average Bonchev–Trinajstić information content (AvgIpc) is 3.16. The zero-order chi connectivity index (χ0) is 22.9. The predicted octanol–water partition coefficient (Wildman–Crippen LogP) is 4.62. The molecular formula is C23H23ClN4O3S. The lowest BCUT2D eigenvalue weighted by Gasteiger charge is -2.09. The second-order valence-corrected chi connectivity index (χ2v) is 8.11. The number of hydrogen-bond donors (Lipinski definition) is 1. The summed E-state index contributed by atoms with van der Waals surface area (Å²) in [5, 5.41) is 12.7. The lowest BCUT2D eigenvalue weighted by molar-refractivity contribution is -0.113. The van der Waals surface area contributed by atoms with Crippen LogP contribution in [0.3, 0.4) is 0 Å². The predicted molar refractivity (Wildman–Crippen MR) is 126 cm³/mol. The third kappa shape index (κ3) is 6.45. The van der Waals surface area contributed by atoms with Gasteiger partial charge in [0, 0.05) is 23.7 Å². The van der Waals surface area contributed by atoms with E-state index >= 15 is 0 Å². The van der Waals surface area contributed by atoms with Gasteiger partial charge in [-0.3, -0.25) is 4.79 Å². The number of allylic oxidation sites excluding steroid dienone is 1. The van der Waals surface area contributed by atoms with Crippen LogP contribution >= 0.6 is 23.4 Å². The van der Waals surface area contributed by atoms with Gasteiger partial charge in [-0.2, -0.15) is 0 Å². The summed E-state index contributed by atoms with van der Waals surface area (Å²) in [7, 11) is 0. The van der Waals surface area contributed by atoms with Crippen molar-refractivity contribution in [1.29, 1.82) is 0 Å². The van der Waals surface area contributed by atoms with E-state index in [0.717, 1.165) is 11.4 Å². The second kappa shape index (κ2) is 11.5. The van der Waals surface area contributed by atoms with Gasteiger partial charge in [-0.1, -0.05) is 41.6 Å². The van der Waals surface area contributed by atoms with E-state index in [-0.39, 0.29) is 11.7 Å². The molecule has 1 amide bonds. The maximum atomic E-state index is 12.4. The van der Waals surface area contributed by atoms with Crippen LogP contribution in [0.4, 0.5) is 5.69 Å². The van der Waals surface area contributed by atoms with E-state index in [9.17, 15) is 9.59 Å². The number of thioether (sulfide) groups is 1. The first kappa shape index (κ1) is 23.6. The molecule has 7 nitrogen and oxygen atoms in total. The lowest BCUT2D eigenvalue weighted by atomic mass is 10.1. The maximum Gasteiger partial charge on any atom is 0.338 e. The minimum Gasteiger partial charge on any atom is -0.462 e. The lowest BCUT2D eigenvalue weighted by Crippen LogP contribution is -2.15. The number of amides is 1. The van der Waals surface area contributed by atoms with Gasteiger partial charge in [-0.05, 0) is 48.9 Å². The zero-order valence-electron chi connectivity index (χ0n) is 17.6. The number of anilines is 1. The minimum atomic E-state index is -0.392. The van der Waals surface area contributed by atoms with Crippen molar-refractivity contribution in [1.82, 2.24) is 14.8 Å². The summed E-state index contributed by atoms with van der Waals surface area (Å²) in [6, 6.07) is 14.1. The Kier molecular flexibility index (Phi) is 8.47. The molecule has 0 radical (unpaired) electrons. The van der Waals surface area contributed by atoms with Gasteiger partial charge in [0.2, 0.25) is 5.91 Å². The summed E-state index contributed by atoms with van der Waals surface area (Å²) in [6.07, 6.45) is 2.36. The van der Waals surface area contributed by atoms with Crippen LogP contribution in [0.15, 0.2) is 66.3 Å². The summed E-state index contributed by atoms with van der Waals surface area (Å²) < 4.78 is 6.89. The quantitative estimate of drug-likeness (QED) is 0.264. The Morgan fingerprint density at radius 3 is 2.53 bits per heavy atom. The van der Waals surface area contributed by atoms with Gasteiger partial charge < -0.3 is 14.6 Å². The minimum absolute atomic E-state index is 0.163. The number of carbonyl (C=O) groups is 2. The number of benzene rings is 2. The van der Waals surface area contributed by atoms with E-state index in [1.807, 2.05) is 28.8 Å². The molecule has 1 N–H and O–H groups in total. The largest absolute Gasteiger partial charge is 0.462 e. The molecule has 166 valence electrons. The standard InChI is InChI=1S/C23H23ClN4O3S/c1-3-13-28-20(14-16-5-9-18(24)10-6-16)26-27-23(28)32-15-21(29)25-19-11-7-17(8-12-19)22(30)31-4-2/h3,5-12H,1,4,13-15H2,2H3,(H,25,29). The Hall–Kier alpha value is -3.10. The van der Waals surface area contributed by atoms with Crippen LogP contribution in [0.1, 0.15) is 28.7 Å². The van der Waals surface area contributed by atoms with Gasteiger partial charge in [-0.25, -0.2) is 4.79 Å². The highest BCUT2D eigenvalue weighted by molar-refractivity contribution is 7.99. The number of esters is 1. The fourth-order valence-corrected chi connectivity index (χ4v) is 3.78. The van der Waals surface area contributed by atoms with Gasteiger partial charge in [0.1, 0.15) is 5.82 Å². The Labute approximate surface area is 195 Å². The SMILES string of the molecule is C=CCn1c(Cc2ccc(Cl)cc2)nnc1SCC(=O)Nc1ccc(C(=O)OCC)cc1. The van der Waals surface area contributed by atoms with Gasteiger partial charge in [-0.15, -0.1) is 16.8 Å². The highest BCUT2D eigenvalue weighted by atomic mass is 35.5. The first-order valence-electron chi connectivity index (χ1n) is 9.97. The van der Waals surface area contributed by atoms with Gasteiger partial charge in [0.25, 0.3) is 0 Å². The molecule has 0 aliphatic carbocycles. The van der Waals surface area contributed by atoms with E-state index in [2.05, 4.69) is 22.1 Å². The Morgan fingerprint density at radius 1 is 1.16 bits per heavy atom. The van der Waals surface area contributed by atoms with E-state index < -0.39 is 5.97 Å². The molecule has 0 saturated heterocycles. The molecule has 32 heavy (non-hydrogen) atoms. The molecule has 0 unspecified atom stereocenters. The van der Waals surface area contributed by atoms with Crippen molar-refractivity contribution >= 4 is 40.9 Å². The van der Waals surface area contributed by atoms with Crippen LogP contribution in [0.2, 0.25) is 5.02 Å². The Bertz CT molecular complexity index is 1080. The van der Waals surface area contributed by atoms with E-state index in [4.69, 9.17) is 16.3 Å². The molecule has 3 aromatic rings. The average molecular weight is 471 g/mol. The third-order valence-electron chi connectivity index (χ3n) is 4.39. The number of ether oxygens (including phenoxy) is 1. The number of aromatic nitrogens is 3. The molecule has 0 aliphatic rings. The molecule has 0 fully saturated rings. The number of nitrogens with zero attached hydrogens (tertiary/aromatic N) is 3. The molecule has 0 aliphatic heterocycles. The molecule has 1 heterocycles.